The lowest BCUT2D eigenvalue weighted by molar-refractivity contribution is 0.150. The van der Waals surface area contributed by atoms with Gasteiger partial charge in [-0.25, -0.2) is 9.78 Å². The first-order valence-electron chi connectivity index (χ1n) is 9.14. The minimum atomic E-state index is -0.114. The summed E-state index contributed by atoms with van der Waals surface area (Å²) >= 11 is 0. The first kappa shape index (κ1) is 18.4. The second-order valence-corrected chi connectivity index (χ2v) is 7.16. The van der Waals surface area contributed by atoms with Gasteiger partial charge >= 0.3 is 6.03 Å². The maximum Gasteiger partial charge on any atom is 0.321 e. The Labute approximate surface area is 154 Å². The van der Waals surface area contributed by atoms with Crippen molar-refractivity contribution in [3.05, 3.63) is 30.1 Å². The van der Waals surface area contributed by atoms with Crippen LogP contribution < -0.4 is 5.32 Å². The lowest BCUT2D eigenvalue weighted by Gasteiger charge is -2.24. The second-order valence-electron chi connectivity index (χ2n) is 7.16. The smallest absolute Gasteiger partial charge is 0.321 e. The Hall–Kier alpha value is -2.41. The van der Waals surface area contributed by atoms with Gasteiger partial charge in [0, 0.05) is 37.4 Å². The van der Waals surface area contributed by atoms with E-state index in [-0.39, 0.29) is 6.03 Å². The highest BCUT2D eigenvalue weighted by Crippen LogP contribution is 2.38. The lowest BCUT2D eigenvalue weighted by atomic mass is 10.2. The van der Waals surface area contributed by atoms with Gasteiger partial charge in [0.1, 0.15) is 5.82 Å². The predicted molar refractivity (Wildman–Crippen MR) is 101 cm³/mol. The van der Waals surface area contributed by atoms with Crippen LogP contribution in [0, 0.1) is 5.92 Å². The number of nitrogens with one attached hydrogen (secondary N) is 2. The molecule has 1 aliphatic rings. The minimum absolute atomic E-state index is 0.114. The van der Waals surface area contributed by atoms with E-state index >= 15 is 0 Å². The number of benzene rings is 1. The number of methoxy groups -OCH3 is 1. The van der Waals surface area contributed by atoms with Gasteiger partial charge in [-0.2, -0.15) is 5.10 Å². The topological polar surface area (TPSA) is 83.1 Å². The van der Waals surface area contributed by atoms with E-state index in [4.69, 9.17) is 4.74 Å². The molecule has 1 saturated carbocycles. The van der Waals surface area contributed by atoms with E-state index in [0.717, 1.165) is 17.1 Å². The number of carbonyl (C=O) groups is 1. The van der Waals surface area contributed by atoms with Gasteiger partial charge in [0.25, 0.3) is 0 Å². The van der Waals surface area contributed by atoms with Crippen LogP contribution in [-0.4, -0.2) is 52.9 Å². The zero-order valence-electron chi connectivity index (χ0n) is 15.7. The number of ether oxygens (including phenoxy) is 1. The Bertz CT molecular complexity index is 722. The average Bonchev–Trinajstić information content (AvgIpc) is 3.36. The monoisotopic (exact) mass is 357 g/mol. The third-order valence-corrected chi connectivity index (χ3v) is 4.30. The van der Waals surface area contributed by atoms with Gasteiger partial charge in [-0.05, 0) is 43.0 Å². The number of hydrogen-bond acceptors (Lipinski definition) is 4. The van der Waals surface area contributed by atoms with Crippen LogP contribution in [0.15, 0.2) is 24.3 Å². The molecule has 7 heteroatoms. The first-order valence-corrected chi connectivity index (χ1v) is 9.14. The average molecular weight is 357 g/mol. The molecular weight excluding hydrogens is 330 g/mol. The number of carbonyl (C=O) groups excluding carboxylic acids is 1. The normalized spacial score (nSPS) is 13.8. The zero-order valence-corrected chi connectivity index (χ0v) is 15.7. The van der Waals surface area contributed by atoms with E-state index in [9.17, 15) is 4.79 Å². The van der Waals surface area contributed by atoms with Gasteiger partial charge < -0.3 is 15.0 Å². The maximum absolute atomic E-state index is 12.5. The van der Waals surface area contributed by atoms with Crippen molar-refractivity contribution in [2.24, 2.45) is 5.92 Å². The van der Waals surface area contributed by atoms with Crippen molar-refractivity contribution in [3.8, 4) is 11.4 Å². The third kappa shape index (κ3) is 4.82. The minimum Gasteiger partial charge on any atom is -0.383 e. The van der Waals surface area contributed by atoms with E-state index in [1.54, 1.807) is 12.0 Å². The molecule has 3 rings (SSSR count). The summed E-state index contributed by atoms with van der Waals surface area (Å²) in [7, 11) is 1.64. The molecule has 2 N–H and O–H groups in total. The zero-order chi connectivity index (χ0) is 18.5. The fourth-order valence-corrected chi connectivity index (χ4v) is 2.77. The van der Waals surface area contributed by atoms with Crippen molar-refractivity contribution in [2.45, 2.75) is 32.6 Å². The Kier molecular flexibility index (Phi) is 5.88. The highest BCUT2D eigenvalue weighted by Gasteiger charge is 2.27. The number of H-pyrrole nitrogens is 1. The van der Waals surface area contributed by atoms with Gasteiger partial charge in [-0.1, -0.05) is 13.8 Å². The van der Waals surface area contributed by atoms with Crippen LogP contribution >= 0.6 is 0 Å². The molecule has 2 aromatic rings. The van der Waals surface area contributed by atoms with Crippen molar-refractivity contribution < 1.29 is 9.53 Å². The summed E-state index contributed by atoms with van der Waals surface area (Å²) in [4.78, 5) is 18.9. The highest BCUT2D eigenvalue weighted by atomic mass is 16.5. The van der Waals surface area contributed by atoms with Crippen molar-refractivity contribution in [3.63, 3.8) is 0 Å². The number of nitrogens with zero attached hydrogens (tertiary/aromatic N) is 3. The third-order valence-electron chi connectivity index (χ3n) is 4.30. The van der Waals surface area contributed by atoms with Crippen molar-refractivity contribution in [2.75, 3.05) is 32.1 Å². The van der Waals surface area contributed by atoms with Crippen molar-refractivity contribution in [1.82, 2.24) is 20.1 Å². The summed E-state index contributed by atoms with van der Waals surface area (Å²) in [5.74, 6) is 2.62. The molecule has 1 heterocycles. The first-order chi connectivity index (χ1) is 12.6. The van der Waals surface area contributed by atoms with E-state index in [0.29, 0.717) is 37.4 Å². The summed E-state index contributed by atoms with van der Waals surface area (Å²) in [5.41, 5.74) is 1.69. The summed E-state index contributed by atoms with van der Waals surface area (Å²) < 4.78 is 5.10. The predicted octanol–water partition coefficient (Wildman–Crippen LogP) is 3.49. The number of amides is 2. The van der Waals surface area contributed by atoms with E-state index in [2.05, 4.69) is 34.3 Å². The molecule has 0 bridgehead atoms. The summed E-state index contributed by atoms with van der Waals surface area (Å²) in [5, 5.41) is 10.3. The number of aromatic nitrogens is 3. The lowest BCUT2D eigenvalue weighted by Crippen LogP contribution is -2.39. The largest absolute Gasteiger partial charge is 0.383 e. The number of aromatic amines is 1. The maximum atomic E-state index is 12.5. The molecule has 0 aliphatic heterocycles. The molecule has 7 nitrogen and oxygen atoms in total. The Balaban J connectivity index is 1.62. The van der Waals surface area contributed by atoms with Gasteiger partial charge in [0.15, 0.2) is 5.82 Å². The van der Waals surface area contributed by atoms with Crippen LogP contribution in [0.4, 0.5) is 10.5 Å². The van der Waals surface area contributed by atoms with Gasteiger partial charge in [-0.15, -0.1) is 0 Å². The molecule has 26 heavy (non-hydrogen) atoms. The SMILES string of the molecule is COCCN(CC(C)C)C(=O)Nc1ccc(-c2n[nH]c(C3CC3)n2)cc1. The molecule has 0 spiro atoms. The molecule has 0 unspecified atom stereocenters. The van der Waals surface area contributed by atoms with E-state index < -0.39 is 0 Å². The van der Waals surface area contributed by atoms with E-state index in [1.807, 2.05) is 24.3 Å². The molecule has 140 valence electrons. The molecule has 1 aromatic carbocycles. The van der Waals surface area contributed by atoms with Crippen LogP contribution in [0.2, 0.25) is 0 Å². The van der Waals surface area contributed by atoms with Gasteiger partial charge in [0.2, 0.25) is 0 Å². The number of urea groups is 1. The summed E-state index contributed by atoms with van der Waals surface area (Å²) in [6.45, 7) is 5.96. The Morgan fingerprint density at radius 3 is 2.69 bits per heavy atom. The van der Waals surface area contributed by atoms with E-state index in [1.165, 1.54) is 12.8 Å². The van der Waals surface area contributed by atoms with Gasteiger partial charge in [0.05, 0.1) is 6.61 Å². The standard InChI is InChI=1S/C19H27N5O2/c1-13(2)12-24(10-11-26-3)19(25)20-16-8-6-15(7-9-16)18-21-17(22-23-18)14-4-5-14/h6-9,13-14H,4-5,10-12H2,1-3H3,(H,20,25)(H,21,22,23). The van der Waals surface area contributed by atoms with Crippen LogP contribution in [0.1, 0.15) is 38.4 Å². The van der Waals surface area contributed by atoms with Crippen LogP contribution in [-0.2, 0) is 4.74 Å². The van der Waals surface area contributed by atoms with Crippen LogP contribution in [0.25, 0.3) is 11.4 Å². The fourth-order valence-electron chi connectivity index (χ4n) is 2.77. The second kappa shape index (κ2) is 8.31. The number of rotatable bonds is 8. The van der Waals surface area contributed by atoms with Crippen LogP contribution in [0.3, 0.4) is 0 Å². The molecule has 0 radical (unpaired) electrons. The molecular formula is C19H27N5O2. The molecule has 1 fully saturated rings. The molecule has 0 saturated heterocycles. The Morgan fingerprint density at radius 2 is 2.08 bits per heavy atom. The number of anilines is 1. The van der Waals surface area contributed by atoms with Gasteiger partial charge in [-0.3, -0.25) is 5.10 Å². The molecule has 2 amide bonds. The van der Waals surface area contributed by atoms with Crippen molar-refractivity contribution in [1.29, 1.82) is 0 Å². The van der Waals surface area contributed by atoms with Crippen molar-refractivity contribution >= 4 is 11.7 Å². The summed E-state index contributed by atoms with van der Waals surface area (Å²) in [6, 6.07) is 7.50. The highest BCUT2D eigenvalue weighted by molar-refractivity contribution is 5.89. The van der Waals surface area contributed by atoms with Crippen LogP contribution in [0.5, 0.6) is 0 Å². The molecule has 1 aromatic heterocycles. The quantitative estimate of drug-likeness (QED) is 0.757. The molecule has 1 aliphatic carbocycles. The fraction of sp³-hybridized carbons (Fsp3) is 0.526. The Morgan fingerprint density at radius 1 is 1.35 bits per heavy atom. The molecule has 0 atom stereocenters. The number of hydrogen-bond donors (Lipinski definition) is 2. The summed E-state index contributed by atoms with van der Waals surface area (Å²) in [6.07, 6.45) is 2.38.